The van der Waals surface area contributed by atoms with Crippen LogP contribution in [0.15, 0.2) is 71.3 Å². The zero-order valence-electron chi connectivity index (χ0n) is 14.6. The molecule has 0 aliphatic heterocycles. The van der Waals surface area contributed by atoms with Crippen LogP contribution in [0.1, 0.15) is 5.82 Å². The van der Waals surface area contributed by atoms with E-state index in [9.17, 15) is 0 Å². The highest BCUT2D eigenvalue weighted by Gasteiger charge is 2.08. The lowest BCUT2D eigenvalue weighted by Gasteiger charge is -2.06. The van der Waals surface area contributed by atoms with E-state index in [-0.39, 0.29) is 0 Å². The van der Waals surface area contributed by atoms with E-state index in [1.165, 1.54) is 11.3 Å². The number of hydrogen-bond donors (Lipinski definition) is 1. The molecule has 4 rings (SSSR count). The summed E-state index contributed by atoms with van der Waals surface area (Å²) in [7, 11) is 1.99. The molecule has 0 saturated carbocycles. The number of aromatic nitrogens is 4. The highest BCUT2D eigenvalue weighted by molar-refractivity contribution is 8.00. The highest BCUT2D eigenvalue weighted by Crippen LogP contribution is 2.30. The van der Waals surface area contributed by atoms with Gasteiger partial charge in [-0.15, -0.1) is 10.2 Å². The van der Waals surface area contributed by atoms with Gasteiger partial charge >= 0.3 is 0 Å². The van der Waals surface area contributed by atoms with E-state index in [0.29, 0.717) is 0 Å². The molecule has 0 spiro atoms. The van der Waals surface area contributed by atoms with Crippen molar-refractivity contribution < 1.29 is 4.74 Å². The zero-order chi connectivity index (χ0) is 18.5. The molecule has 0 radical (unpaired) electrons. The second-order valence-electron chi connectivity index (χ2n) is 5.68. The van der Waals surface area contributed by atoms with Crippen molar-refractivity contribution in [2.75, 3.05) is 5.32 Å². The molecule has 27 heavy (non-hydrogen) atoms. The summed E-state index contributed by atoms with van der Waals surface area (Å²) in [6.45, 7) is 0. The Hall–Kier alpha value is -2.84. The van der Waals surface area contributed by atoms with Gasteiger partial charge < -0.3 is 14.6 Å². The number of benzene rings is 2. The molecule has 0 aliphatic carbocycles. The summed E-state index contributed by atoms with van der Waals surface area (Å²) >= 11 is 3.15. The molecule has 0 unspecified atom stereocenters. The molecule has 136 valence electrons. The van der Waals surface area contributed by atoms with Crippen molar-refractivity contribution in [2.24, 2.45) is 7.05 Å². The van der Waals surface area contributed by atoms with E-state index >= 15 is 0 Å². The van der Waals surface area contributed by atoms with Crippen LogP contribution in [-0.2, 0) is 12.8 Å². The number of imidazole rings is 1. The molecule has 2 heterocycles. The van der Waals surface area contributed by atoms with Gasteiger partial charge in [-0.3, -0.25) is 0 Å². The van der Waals surface area contributed by atoms with Crippen molar-refractivity contribution in [3.63, 3.8) is 0 Å². The number of thioether (sulfide) groups is 1. The smallest absolute Gasteiger partial charge is 0.210 e. The van der Waals surface area contributed by atoms with Gasteiger partial charge in [0.2, 0.25) is 5.13 Å². The third-order valence-corrected chi connectivity index (χ3v) is 5.70. The second-order valence-corrected chi connectivity index (χ2v) is 7.88. The van der Waals surface area contributed by atoms with Crippen LogP contribution in [0.25, 0.3) is 0 Å². The minimum atomic E-state index is 0.758. The minimum Gasteiger partial charge on any atom is -0.457 e. The Kier molecular flexibility index (Phi) is 5.36. The molecule has 2 aromatic carbocycles. The number of rotatable bonds is 7. The SMILES string of the molecule is Cn1ccnc1CSc1nnc(Nc2ccc(Oc3ccccc3)cc2)s1. The first-order valence-electron chi connectivity index (χ1n) is 8.29. The summed E-state index contributed by atoms with van der Waals surface area (Å²) in [6, 6.07) is 17.5. The number of aryl methyl sites for hydroxylation is 1. The third-order valence-electron chi connectivity index (χ3n) is 3.74. The molecule has 1 N–H and O–H groups in total. The first-order chi connectivity index (χ1) is 13.3. The fourth-order valence-corrected chi connectivity index (χ4v) is 4.11. The standard InChI is InChI=1S/C19H17N5OS2/c1-24-12-11-20-17(24)13-26-19-23-22-18(27-19)21-14-7-9-16(10-8-14)25-15-5-3-2-4-6-15/h2-12H,13H2,1H3,(H,21,22). The number of para-hydroxylation sites is 1. The van der Waals surface area contributed by atoms with Gasteiger partial charge in [0.1, 0.15) is 17.3 Å². The Morgan fingerprint density at radius 1 is 1.04 bits per heavy atom. The van der Waals surface area contributed by atoms with Gasteiger partial charge in [-0.2, -0.15) is 0 Å². The third kappa shape index (κ3) is 4.66. The van der Waals surface area contributed by atoms with E-state index in [2.05, 4.69) is 20.5 Å². The van der Waals surface area contributed by atoms with Crippen LogP contribution in [0.2, 0.25) is 0 Å². The monoisotopic (exact) mass is 395 g/mol. The normalized spacial score (nSPS) is 10.7. The number of nitrogens with zero attached hydrogens (tertiary/aromatic N) is 4. The number of nitrogens with one attached hydrogen (secondary N) is 1. The average molecular weight is 396 g/mol. The maximum atomic E-state index is 5.80. The van der Waals surface area contributed by atoms with Crippen molar-refractivity contribution in [1.29, 1.82) is 0 Å². The number of hydrogen-bond acceptors (Lipinski definition) is 7. The van der Waals surface area contributed by atoms with Crippen LogP contribution in [-0.4, -0.2) is 19.7 Å². The van der Waals surface area contributed by atoms with Gasteiger partial charge in [-0.1, -0.05) is 41.3 Å². The molecular formula is C19H17N5OS2. The van der Waals surface area contributed by atoms with Crippen molar-refractivity contribution >= 4 is 33.9 Å². The lowest BCUT2D eigenvalue weighted by Crippen LogP contribution is -1.93. The lowest BCUT2D eigenvalue weighted by atomic mass is 10.3. The summed E-state index contributed by atoms with van der Waals surface area (Å²) in [6.07, 6.45) is 3.74. The van der Waals surface area contributed by atoms with Crippen LogP contribution < -0.4 is 10.1 Å². The summed E-state index contributed by atoms with van der Waals surface area (Å²) in [5, 5.41) is 12.5. The molecule has 0 saturated heterocycles. The molecule has 0 fully saturated rings. The molecule has 6 nitrogen and oxygen atoms in total. The van der Waals surface area contributed by atoms with Crippen LogP contribution in [0, 0.1) is 0 Å². The van der Waals surface area contributed by atoms with E-state index in [4.69, 9.17) is 4.74 Å². The maximum absolute atomic E-state index is 5.80. The second kappa shape index (κ2) is 8.24. The summed E-state index contributed by atoms with van der Waals surface area (Å²) in [5.41, 5.74) is 0.937. The Bertz CT molecular complexity index is 998. The fraction of sp³-hybridized carbons (Fsp3) is 0.105. The van der Waals surface area contributed by atoms with Crippen LogP contribution in [0.3, 0.4) is 0 Å². The Labute approximate surface area is 165 Å². The van der Waals surface area contributed by atoms with Crippen molar-refractivity contribution in [1.82, 2.24) is 19.7 Å². The first kappa shape index (κ1) is 17.6. The van der Waals surface area contributed by atoms with Crippen molar-refractivity contribution in [3.05, 3.63) is 72.8 Å². The minimum absolute atomic E-state index is 0.758. The Morgan fingerprint density at radius 2 is 1.81 bits per heavy atom. The molecule has 4 aromatic rings. The van der Waals surface area contributed by atoms with Crippen molar-refractivity contribution in [2.45, 2.75) is 10.1 Å². The first-order valence-corrected chi connectivity index (χ1v) is 10.1. The molecule has 0 aliphatic rings. The molecule has 8 heteroatoms. The summed E-state index contributed by atoms with van der Waals surface area (Å²) < 4.78 is 8.71. The summed E-state index contributed by atoms with van der Waals surface area (Å²) in [5.74, 6) is 3.38. The van der Waals surface area contributed by atoms with Crippen LogP contribution in [0.4, 0.5) is 10.8 Å². The molecule has 0 bridgehead atoms. The molecular weight excluding hydrogens is 378 g/mol. The number of ether oxygens (including phenoxy) is 1. The fourth-order valence-electron chi connectivity index (χ4n) is 2.33. The predicted octanol–water partition coefficient (Wildman–Crippen LogP) is 5.10. The van der Waals surface area contributed by atoms with Crippen molar-refractivity contribution in [3.8, 4) is 11.5 Å². The zero-order valence-corrected chi connectivity index (χ0v) is 16.2. The maximum Gasteiger partial charge on any atom is 0.210 e. The van der Waals surface area contributed by atoms with Gasteiger partial charge in [-0.25, -0.2) is 4.98 Å². The van der Waals surface area contributed by atoms with Gasteiger partial charge in [0.05, 0.1) is 5.75 Å². The Balaban J connectivity index is 1.34. The van der Waals surface area contributed by atoms with E-state index < -0.39 is 0 Å². The van der Waals surface area contributed by atoms with Gasteiger partial charge in [0.25, 0.3) is 0 Å². The molecule has 0 amide bonds. The highest BCUT2D eigenvalue weighted by atomic mass is 32.2. The van der Waals surface area contributed by atoms with Gasteiger partial charge in [0.15, 0.2) is 4.34 Å². The lowest BCUT2D eigenvalue weighted by molar-refractivity contribution is 0.483. The predicted molar refractivity (Wildman–Crippen MR) is 109 cm³/mol. The van der Waals surface area contributed by atoms with E-state index in [1.807, 2.05) is 72.4 Å². The van der Waals surface area contributed by atoms with E-state index in [0.717, 1.165) is 38.2 Å². The van der Waals surface area contributed by atoms with Crippen LogP contribution >= 0.6 is 23.1 Å². The topological polar surface area (TPSA) is 64.9 Å². The van der Waals surface area contributed by atoms with Gasteiger partial charge in [-0.05, 0) is 36.4 Å². The summed E-state index contributed by atoms with van der Waals surface area (Å²) in [4.78, 5) is 4.31. The van der Waals surface area contributed by atoms with Gasteiger partial charge in [0, 0.05) is 25.1 Å². The number of anilines is 2. The average Bonchev–Trinajstić information content (AvgIpc) is 3.31. The van der Waals surface area contributed by atoms with Crippen LogP contribution in [0.5, 0.6) is 11.5 Å². The molecule has 2 aromatic heterocycles. The molecule has 0 atom stereocenters. The quantitative estimate of drug-likeness (QED) is 0.439. The largest absolute Gasteiger partial charge is 0.457 e. The Morgan fingerprint density at radius 3 is 2.56 bits per heavy atom. The van der Waals surface area contributed by atoms with E-state index in [1.54, 1.807) is 18.0 Å².